The third-order valence-electron chi connectivity index (χ3n) is 1.87. The number of hydrogen-bond acceptors (Lipinski definition) is 1. The van der Waals surface area contributed by atoms with Gasteiger partial charge in [0, 0.05) is 18.3 Å². The number of rotatable bonds is 2. The van der Waals surface area contributed by atoms with Gasteiger partial charge in [0.2, 0.25) is 0 Å². The summed E-state index contributed by atoms with van der Waals surface area (Å²) in [6.07, 6.45) is 3.40. The maximum atomic E-state index is 13.1. The largest absolute Gasteiger partial charge is 0.241 e. The van der Waals surface area contributed by atoms with Crippen LogP contribution in [0, 0.1) is 5.82 Å². The minimum atomic E-state index is -0.298. The number of benzene rings is 1. The lowest BCUT2D eigenvalue weighted by molar-refractivity contribution is 0.624. The van der Waals surface area contributed by atoms with Gasteiger partial charge in [0.25, 0.3) is 0 Å². The summed E-state index contributed by atoms with van der Waals surface area (Å²) >= 11 is 5.64. The van der Waals surface area contributed by atoms with Gasteiger partial charge in [-0.05, 0) is 29.8 Å². The molecule has 0 saturated carbocycles. The van der Waals surface area contributed by atoms with Crippen LogP contribution in [0.4, 0.5) is 4.39 Å². The van der Waals surface area contributed by atoms with Crippen LogP contribution in [0.3, 0.4) is 0 Å². The lowest BCUT2D eigenvalue weighted by Crippen LogP contribution is -1.96. The monoisotopic (exact) mass is 210 g/mol. The smallest absolute Gasteiger partial charge is 0.125 e. The normalized spacial score (nSPS) is 10.4. The molecule has 0 aliphatic rings. The zero-order chi connectivity index (χ0) is 9.97. The van der Waals surface area contributed by atoms with Crippen LogP contribution in [0.2, 0.25) is 0 Å². The summed E-state index contributed by atoms with van der Waals surface area (Å²) in [5.41, 5.74) is 1.43. The van der Waals surface area contributed by atoms with E-state index in [0.29, 0.717) is 11.6 Å². The van der Waals surface area contributed by atoms with E-state index in [1.807, 2.05) is 6.07 Å². The van der Waals surface area contributed by atoms with E-state index in [1.165, 1.54) is 12.1 Å². The van der Waals surface area contributed by atoms with E-state index in [1.54, 1.807) is 23.1 Å². The standard InChI is InChI=1S/C10H8ClFN2/c11-7-8-4-9(12)6-10(5-8)14-3-1-2-13-14/h1-6H,7H2. The van der Waals surface area contributed by atoms with Gasteiger partial charge in [0.15, 0.2) is 0 Å². The molecule has 0 atom stereocenters. The first-order valence-corrected chi connectivity index (χ1v) is 4.68. The fourth-order valence-corrected chi connectivity index (χ4v) is 1.42. The van der Waals surface area contributed by atoms with Gasteiger partial charge in [-0.25, -0.2) is 9.07 Å². The summed E-state index contributed by atoms with van der Waals surface area (Å²) in [7, 11) is 0. The van der Waals surface area contributed by atoms with Crippen molar-refractivity contribution in [3.63, 3.8) is 0 Å². The quantitative estimate of drug-likeness (QED) is 0.697. The van der Waals surface area contributed by atoms with E-state index < -0.39 is 0 Å². The van der Waals surface area contributed by atoms with Crippen molar-refractivity contribution in [3.8, 4) is 5.69 Å². The van der Waals surface area contributed by atoms with Crippen molar-refractivity contribution in [2.24, 2.45) is 0 Å². The highest BCUT2D eigenvalue weighted by molar-refractivity contribution is 6.17. The molecule has 0 saturated heterocycles. The van der Waals surface area contributed by atoms with Crippen LogP contribution >= 0.6 is 11.6 Å². The first-order chi connectivity index (χ1) is 6.79. The Morgan fingerprint density at radius 2 is 2.21 bits per heavy atom. The van der Waals surface area contributed by atoms with Crippen molar-refractivity contribution in [1.29, 1.82) is 0 Å². The average molecular weight is 211 g/mol. The second-order valence-corrected chi connectivity index (χ2v) is 3.17. The zero-order valence-electron chi connectivity index (χ0n) is 7.32. The molecule has 0 aliphatic heterocycles. The molecular formula is C10H8ClFN2. The molecule has 0 amide bonds. The molecule has 0 aliphatic carbocycles. The Morgan fingerprint density at radius 3 is 2.86 bits per heavy atom. The number of alkyl halides is 1. The van der Waals surface area contributed by atoms with Gasteiger partial charge < -0.3 is 0 Å². The number of halogens is 2. The van der Waals surface area contributed by atoms with E-state index in [0.717, 1.165) is 5.56 Å². The maximum Gasteiger partial charge on any atom is 0.125 e. The minimum Gasteiger partial charge on any atom is -0.241 e. The summed E-state index contributed by atoms with van der Waals surface area (Å²) in [5.74, 6) is 0.000101. The van der Waals surface area contributed by atoms with E-state index >= 15 is 0 Å². The Bertz CT molecular complexity index is 426. The van der Waals surface area contributed by atoms with Crippen molar-refractivity contribution in [2.45, 2.75) is 5.88 Å². The number of aromatic nitrogens is 2. The summed E-state index contributed by atoms with van der Waals surface area (Å²) < 4.78 is 14.7. The van der Waals surface area contributed by atoms with Crippen molar-refractivity contribution < 1.29 is 4.39 Å². The summed E-state index contributed by atoms with van der Waals surface area (Å²) in [4.78, 5) is 0. The van der Waals surface area contributed by atoms with Gasteiger partial charge in [0.05, 0.1) is 5.69 Å². The SMILES string of the molecule is Fc1cc(CCl)cc(-n2cccn2)c1. The second kappa shape index (κ2) is 3.80. The molecule has 14 heavy (non-hydrogen) atoms. The first-order valence-electron chi connectivity index (χ1n) is 4.15. The number of hydrogen-bond donors (Lipinski definition) is 0. The molecular weight excluding hydrogens is 203 g/mol. The highest BCUT2D eigenvalue weighted by atomic mass is 35.5. The molecule has 0 N–H and O–H groups in total. The molecule has 0 unspecified atom stereocenters. The molecule has 1 aromatic heterocycles. The molecule has 2 nitrogen and oxygen atoms in total. The average Bonchev–Trinajstić information content (AvgIpc) is 2.69. The Balaban J connectivity index is 2.48. The molecule has 72 valence electrons. The highest BCUT2D eigenvalue weighted by Crippen LogP contribution is 2.14. The van der Waals surface area contributed by atoms with Crippen LogP contribution in [0.15, 0.2) is 36.7 Å². The third-order valence-corrected chi connectivity index (χ3v) is 2.17. The lowest BCUT2D eigenvalue weighted by Gasteiger charge is -2.03. The molecule has 0 spiro atoms. The fraction of sp³-hybridized carbons (Fsp3) is 0.100. The van der Waals surface area contributed by atoms with Crippen molar-refractivity contribution in [2.75, 3.05) is 0 Å². The molecule has 1 heterocycles. The summed E-state index contributed by atoms with van der Waals surface area (Å²) in [6, 6.07) is 6.43. The van der Waals surface area contributed by atoms with E-state index in [9.17, 15) is 4.39 Å². The molecule has 2 rings (SSSR count). The molecule has 2 aromatic rings. The fourth-order valence-electron chi connectivity index (χ4n) is 1.26. The first kappa shape index (κ1) is 9.21. The zero-order valence-corrected chi connectivity index (χ0v) is 8.08. The van der Waals surface area contributed by atoms with Gasteiger partial charge in [-0.1, -0.05) is 0 Å². The highest BCUT2D eigenvalue weighted by Gasteiger charge is 2.01. The van der Waals surface area contributed by atoms with Crippen LogP contribution in [0.1, 0.15) is 5.56 Å². The predicted octanol–water partition coefficient (Wildman–Crippen LogP) is 2.75. The lowest BCUT2D eigenvalue weighted by atomic mass is 10.2. The van der Waals surface area contributed by atoms with Crippen LogP contribution < -0.4 is 0 Å². The Hall–Kier alpha value is -1.35. The molecule has 4 heteroatoms. The molecule has 0 fully saturated rings. The molecule has 0 bridgehead atoms. The third kappa shape index (κ3) is 1.77. The van der Waals surface area contributed by atoms with Gasteiger partial charge in [-0.2, -0.15) is 5.10 Å². The Labute approximate surface area is 85.9 Å². The van der Waals surface area contributed by atoms with Crippen molar-refractivity contribution in [3.05, 3.63) is 48.0 Å². The van der Waals surface area contributed by atoms with E-state index in [2.05, 4.69) is 5.10 Å². The van der Waals surface area contributed by atoms with Crippen LogP contribution in [-0.4, -0.2) is 9.78 Å². The van der Waals surface area contributed by atoms with Crippen LogP contribution in [0.5, 0.6) is 0 Å². The van der Waals surface area contributed by atoms with E-state index in [4.69, 9.17) is 11.6 Å². The van der Waals surface area contributed by atoms with Crippen LogP contribution in [-0.2, 0) is 5.88 Å². The Morgan fingerprint density at radius 1 is 1.36 bits per heavy atom. The van der Waals surface area contributed by atoms with E-state index in [-0.39, 0.29) is 5.82 Å². The molecule has 0 radical (unpaired) electrons. The molecule has 1 aromatic carbocycles. The number of nitrogens with zero attached hydrogens (tertiary/aromatic N) is 2. The van der Waals surface area contributed by atoms with Gasteiger partial charge in [-0.3, -0.25) is 0 Å². The van der Waals surface area contributed by atoms with Gasteiger partial charge in [-0.15, -0.1) is 11.6 Å². The summed E-state index contributed by atoms with van der Waals surface area (Å²) in [5, 5.41) is 4.01. The summed E-state index contributed by atoms with van der Waals surface area (Å²) in [6.45, 7) is 0. The topological polar surface area (TPSA) is 17.8 Å². The van der Waals surface area contributed by atoms with Gasteiger partial charge in [0.1, 0.15) is 5.82 Å². The van der Waals surface area contributed by atoms with Crippen molar-refractivity contribution >= 4 is 11.6 Å². The minimum absolute atomic E-state index is 0.298. The van der Waals surface area contributed by atoms with Gasteiger partial charge >= 0.3 is 0 Å². The Kier molecular flexibility index (Phi) is 2.50. The van der Waals surface area contributed by atoms with Crippen molar-refractivity contribution in [1.82, 2.24) is 9.78 Å². The maximum absolute atomic E-state index is 13.1. The van der Waals surface area contributed by atoms with Crippen LogP contribution in [0.25, 0.3) is 5.69 Å². The second-order valence-electron chi connectivity index (χ2n) is 2.90. The predicted molar refractivity (Wildman–Crippen MR) is 53.1 cm³/mol.